The van der Waals surface area contributed by atoms with Gasteiger partial charge in [-0.15, -0.1) is 0 Å². The number of benzene rings is 2. The highest BCUT2D eigenvalue weighted by atomic mass is 35.5. The van der Waals surface area contributed by atoms with E-state index in [9.17, 15) is 4.79 Å². The van der Waals surface area contributed by atoms with E-state index >= 15 is 0 Å². The summed E-state index contributed by atoms with van der Waals surface area (Å²) in [6, 6.07) is 13.0. The molecule has 0 bridgehead atoms. The van der Waals surface area contributed by atoms with Crippen molar-refractivity contribution in [3.8, 4) is 6.07 Å². The average molecular weight is 414 g/mol. The summed E-state index contributed by atoms with van der Waals surface area (Å²) in [5.74, 6) is -0.110. The van der Waals surface area contributed by atoms with E-state index in [4.69, 9.17) is 33.2 Å². The molecule has 2 heterocycles. The summed E-state index contributed by atoms with van der Waals surface area (Å²) in [5.41, 5.74) is 3.60. The second-order valence-corrected chi connectivity index (χ2v) is 7.46. The van der Waals surface area contributed by atoms with Gasteiger partial charge in [0.15, 0.2) is 0 Å². The Balaban J connectivity index is 1.66. The molecule has 1 N–H and O–H groups in total. The molecule has 0 unspecified atom stereocenters. The zero-order chi connectivity index (χ0) is 19.7. The van der Waals surface area contributed by atoms with Gasteiger partial charge in [-0.05, 0) is 42.0 Å². The lowest BCUT2D eigenvalue weighted by atomic mass is 10.0. The van der Waals surface area contributed by atoms with E-state index in [0.29, 0.717) is 59.5 Å². The molecular formula is C21H17Cl2N3O2. The van der Waals surface area contributed by atoms with Crippen molar-refractivity contribution in [3.63, 3.8) is 0 Å². The van der Waals surface area contributed by atoms with E-state index in [-0.39, 0.29) is 5.91 Å². The van der Waals surface area contributed by atoms with E-state index < -0.39 is 0 Å². The number of amides is 1. The van der Waals surface area contributed by atoms with Crippen molar-refractivity contribution in [2.75, 3.05) is 26.3 Å². The molecule has 0 atom stereocenters. The second kappa shape index (κ2) is 7.84. The van der Waals surface area contributed by atoms with Crippen LogP contribution in [-0.4, -0.2) is 42.1 Å². The zero-order valence-electron chi connectivity index (χ0n) is 15.0. The number of ether oxygens (including phenoxy) is 1. The molecule has 142 valence electrons. The van der Waals surface area contributed by atoms with Crippen LogP contribution in [-0.2, 0) is 11.2 Å². The highest BCUT2D eigenvalue weighted by molar-refractivity contribution is 6.38. The van der Waals surface area contributed by atoms with Crippen molar-refractivity contribution in [3.05, 3.63) is 68.8 Å². The van der Waals surface area contributed by atoms with Crippen LogP contribution >= 0.6 is 23.2 Å². The van der Waals surface area contributed by atoms with Gasteiger partial charge < -0.3 is 14.6 Å². The predicted octanol–water partition coefficient (Wildman–Crippen LogP) is 4.41. The summed E-state index contributed by atoms with van der Waals surface area (Å²) in [6.07, 6.45) is 0.457. The quantitative estimate of drug-likeness (QED) is 0.690. The maximum atomic E-state index is 12.9. The number of aromatic nitrogens is 1. The second-order valence-electron chi connectivity index (χ2n) is 6.68. The first kappa shape index (κ1) is 18.8. The number of fused-ring (bicyclic) bond motifs is 1. The Kier molecular flexibility index (Phi) is 5.27. The van der Waals surface area contributed by atoms with Crippen molar-refractivity contribution >= 4 is 40.0 Å². The maximum Gasteiger partial charge on any atom is 0.255 e. The predicted molar refractivity (Wildman–Crippen MR) is 109 cm³/mol. The van der Waals surface area contributed by atoms with Crippen molar-refractivity contribution < 1.29 is 9.53 Å². The molecule has 28 heavy (non-hydrogen) atoms. The SMILES string of the molecule is N#Cc1ccc2[nH]c(Cc3c(Cl)ccc(C(=O)N4CCOCC4)c3Cl)cc2c1. The number of halogens is 2. The summed E-state index contributed by atoms with van der Waals surface area (Å²) in [6.45, 7) is 2.17. The Labute approximate surface area is 172 Å². The van der Waals surface area contributed by atoms with Crippen molar-refractivity contribution in [2.24, 2.45) is 0 Å². The maximum absolute atomic E-state index is 12.9. The number of morpholine rings is 1. The molecule has 1 aliphatic rings. The summed E-state index contributed by atoms with van der Waals surface area (Å²) in [5, 5.41) is 10.9. The Hall–Kier alpha value is -2.52. The lowest BCUT2D eigenvalue weighted by Gasteiger charge is -2.27. The molecule has 1 amide bonds. The van der Waals surface area contributed by atoms with Crippen LogP contribution in [0.1, 0.15) is 27.2 Å². The van der Waals surface area contributed by atoms with Crippen molar-refractivity contribution in [2.45, 2.75) is 6.42 Å². The van der Waals surface area contributed by atoms with Gasteiger partial charge in [-0.25, -0.2) is 0 Å². The number of nitrogens with zero attached hydrogens (tertiary/aromatic N) is 2. The third-order valence-electron chi connectivity index (χ3n) is 4.89. The summed E-state index contributed by atoms with van der Waals surface area (Å²) in [7, 11) is 0. The minimum absolute atomic E-state index is 0.110. The lowest BCUT2D eigenvalue weighted by molar-refractivity contribution is 0.0303. The molecule has 0 radical (unpaired) electrons. The van der Waals surface area contributed by atoms with Crippen LogP contribution in [0.4, 0.5) is 0 Å². The van der Waals surface area contributed by atoms with E-state index in [2.05, 4.69) is 11.1 Å². The Morgan fingerprint density at radius 2 is 1.96 bits per heavy atom. The van der Waals surface area contributed by atoms with Crippen LogP contribution in [0, 0.1) is 11.3 Å². The number of rotatable bonds is 3. The van der Waals surface area contributed by atoms with Gasteiger partial charge in [-0.3, -0.25) is 4.79 Å². The molecule has 1 aromatic heterocycles. The van der Waals surface area contributed by atoms with E-state index in [1.165, 1.54) is 0 Å². The number of nitrogens with one attached hydrogen (secondary N) is 1. The number of H-pyrrole nitrogens is 1. The van der Waals surface area contributed by atoms with E-state index in [0.717, 1.165) is 16.6 Å². The molecule has 2 aromatic carbocycles. The zero-order valence-corrected chi connectivity index (χ0v) is 16.5. The fourth-order valence-corrected chi connectivity index (χ4v) is 3.99. The molecule has 0 aliphatic carbocycles. The Morgan fingerprint density at radius 1 is 1.18 bits per heavy atom. The molecule has 7 heteroatoms. The van der Waals surface area contributed by atoms with Gasteiger partial charge in [0.25, 0.3) is 5.91 Å². The molecule has 0 saturated carbocycles. The fourth-order valence-electron chi connectivity index (χ4n) is 3.41. The van der Waals surface area contributed by atoms with Crippen molar-refractivity contribution in [1.82, 2.24) is 9.88 Å². The minimum atomic E-state index is -0.110. The Bertz CT molecular complexity index is 1090. The number of carbonyl (C=O) groups is 1. The van der Waals surface area contributed by atoms with Crippen LogP contribution in [0.2, 0.25) is 10.0 Å². The monoisotopic (exact) mass is 413 g/mol. The first-order valence-corrected chi connectivity index (χ1v) is 9.68. The largest absolute Gasteiger partial charge is 0.378 e. The van der Waals surface area contributed by atoms with Crippen LogP contribution in [0.25, 0.3) is 10.9 Å². The Morgan fingerprint density at radius 3 is 2.71 bits per heavy atom. The van der Waals surface area contributed by atoms with Crippen LogP contribution in [0.15, 0.2) is 36.4 Å². The number of hydrogen-bond acceptors (Lipinski definition) is 3. The molecule has 4 rings (SSSR count). The fraction of sp³-hybridized carbons (Fsp3) is 0.238. The molecule has 5 nitrogen and oxygen atoms in total. The lowest BCUT2D eigenvalue weighted by Crippen LogP contribution is -2.40. The van der Waals surface area contributed by atoms with E-state index in [1.807, 2.05) is 18.2 Å². The summed E-state index contributed by atoms with van der Waals surface area (Å²) in [4.78, 5) is 17.9. The number of hydrogen-bond donors (Lipinski definition) is 1. The average Bonchev–Trinajstić information content (AvgIpc) is 3.13. The first-order chi connectivity index (χ1) is 13.6. The number of nitriles is 1. The minimum Gasteiger partial charge on any atom is -0.378 e. The van der Waals surface area contributed by atoms with Gasteiger partial charge in [0.1, 0.15) is 0 Å². The van der Waals surface area contributed by atoms with Crippen molar-refractivity contribution in [1.29, 1.82) is 5.26 Å². The molecular weight excluding hydrogens is 397 g/mol. The summed E-state index contributed by atoms with van der Waals surface area (Å²) >= 11 is 13.0. The molecule has 1 aliphatic heterocycles. The van der Waals surface area contributed by atoms with Gasteiger partial charge >= 0.3 is 0 Å². The number of carbonyl (C=O) groups excluding carboxylic acids is 1. The van der Waals surface area contributed by atoms with Gasteiger partial charge in [-0.2, -0.15) is 5.26 Å². The topological polar surface area (TPSA) is 69.1 Å². The molecule has 1 saturated heterocycles. The van der Waals surface area contributed by atoms with Crippen LogP contribution in [0.3, 0.4) is 0 Å². The standard InChI is InChI=1S/C21H17Cl2N3O2/c22-18-3-2-16(21(27)26-5-7-28-8-6-26)20(23)17(18)11-15-10-14-9-13(12-24)1-4-19(14)25-15/h1-4,9-10,25H,5-8,11H2. The molecule has 3 aromatic rings. The van der Waals surface area contributed by atoms with Crippen LogP contribution < -0.4 is 0 Å². The van der Waals surface area contributed by atoms with Gasteiger partial charge in [0, 0.05) is 41.1 Å². The highest BCUT2D eigenvalue weighted by Gasteiger charge is 2.23. The third-order valence-corrected chi connectivity index (χ3v) is 5.67. The van der Waals surface area contributed by atoms with E-state index in [1.54, 1.807) is 23.1 Å². The normalized spacial score (nSPS) is 14.2. The van der Waals surface area contributed by atoms with Gasteiger partial charge in [-0.1, -0.05) is 23.2 Å². The highest BCUT2D eigenvalue weighted by Crippen LogP contribution is 2.32. The third kappa shape index (κ3) is 3.59. The first-order valence-electron chi connectivity index (χ1n) is 8.92. The van der Waals surface area contributed by atoms with Gasteiger partial charge in [0.2, 0.25) is 0 Å². The molecule has 0 spiro atoms. The smallest absolute Gasteiger partial charge is 0.255 e. The molecule has 1 fully saturated rings. The number of aromatic amines is 1. The van der Waals surface area contributed by atoms with Crippen LogP contribution in [0.5, 0.6) is 0 Å². The summed E-state index contributed by atoms with van der Waals surface area (Å²) < 4.78 is 5.31. The van der Waals surface area contributed by atoms with Gasteiger partial charge in [0.05, 0.1) is 35.4 Å².